The Morgan fingerprint density at radius 1 is 1.47 bits per heavy atom. The summed E-state index contributed by atoms with van der Waals surface area (Å²) in [5, 5.41) is 0. The number of nitrogens with zero attached hydrogens (tertiary/aromatic N) is 1. The number of carbonyl (C=O) groups is 1. The Labute approximate surface area is 107 Å². The lowest BCUT2D eigenvalue weighted by Crippen LogP contribution is -2.22. The summed E-state index contributed by atoms with van der Waals surface area (Å²) >= 11 is 0. The van der Waals surface area contributed by atoms with Crippen molar-refractivity contribution in [2.24, 2.45) is 5.73 Å². The molecule has 1 aromatic heterocycles. The molecular weight excluding hydrogens is 265 g/mol. The fourth-order valence-corrected chi connectivity index (χ4v) is 1.45. The van der Waals surface area contributed by atoms with Crippen molar-refractivity contribution in [3.8, 4) is 5.75 Å². The Morgan fingerprint density at radius 3 is 2.58 bits per heavy atom. The van der Waals surface area contributed by atoms with E-state index in [1.165, 1.54) is 13.1 Å². The number of halogens is 3. The second-order valence-corrected chi connectivity index (χ2v) is 3.56. The van der Waals surface area contributed by atoms with Gasteiger partial charge in [0.15, 0.2) is 5.75 Å². The molecule has 0 atom stereocenters. The summed E-state index contributed by atoms with van der Waals surface area (Å²) in [4.78, 5) is 15.4. The van der Waals surface area contributed by atoms with Crippen LogP contribution in [0.5, 0.6) is 5.75 Å². The number of nitrogens with two attached hydrogens (primary N) is 1. The van der Waals surface area contributed by atoms with Gasteiger partial charge in [-0.1, -0.05) is 0 Å². The highest BCUT2D eigenvalue weighted by Crippen LogP contribution is 2.31. The van der Waals surface area contributed by atoms with Crippen LogP contribution in [0.4, 0.5) is 13.2 Å². The second-order valence-electron chi connectivity index (χ2n) is 3.56. The molecule has 0 radical (unpaired) electrons. The topological polar surface area (TPSA) is 74.4 Å². The monoisotopic (exact) mass is 278 g/mol. The Kier molecular flexibility index (Phi) is 4.71. The average Bonchev–Trinajstić information content (AvgIpc) is 2.27. The van der Waals surface area contributed by atoms with Crippen LogP contribution in [-0.2, 0) is 11.3 Å². The number of hydrogen-bond acceptors (Lipinski definition) is 5. The third-order valence-electron chi connectivity index (χ3n) is 2.19. The third kappa shape index (κ3) is 3.82. The number of esters is 1. The normalized spacial score (nSPS) is 11.3. The van der Waals surface area contributed by atoms with E-state index in [9.17, 15) is 18.0 Å². The molecule has 8 heteroatoms. The molecule has 2 N–H and O–H groups in total. The number of pyridine rings is 1. The molecule has 0 saturated heterocycles. The number of rotatable bonds is 4. The summed E-state index contributed by atoms with van der Waals surface area (Å²) in [5.74, 6) is -1.61. The minimum atomic E-state index is -4.94. The smallest absolute Gasteiger partial charge is 0.462 e. The van der Waals surface area contributed by atoms with Gasteiger partial charge >= 0.3 is 12.3 Å². The van der Waals surface area contributed by atoms with E-state index in [4.69, 9.17) is 10.5 Å². The molecule has 0 amide bonds. The van der Waals surface area contributed by atoms with Crippen LogP contribution >= 0.6 is 0 Å². The molecule has 0 saturated carbocycles. The highest BCUT2D eigenvalue weighted by atomic mass is 19.4. The van der Waals surface area contributed by atoms with Crippen LogP contribution in [0.15, 0.2) is 6.20 Å². The summed E-state index contributed by atoms with van der Waals surface area (Å²) < 4.78 is 45.7. The van der Waals surface area contributed by atoms with E-state index in [0.29, 0.717) is 0 Å². The molecule has 0 bridgehead atoms. The van der Waals surface area contributed by atoms with Gasteiger partial charge in [0.25, 0.3) is 0 Å². The largest absolute Gasteiger partial charge is 0.573 e. The van der Waals surface area contributed by atoms with Crippen LogP contribution in [0.3, 0.4) is 0 Å². The van der Waals surface area contributed by atoms with Crippen LogP contribution in [0.2, 0.25) is 0 Å². The number of alkyl halides is 3. The van der Waals surface area contributed by atoms with Gasteiger partial charge in [-0.25, -0.2) is 4.79 Å². The van der Waals surface area contributed by atoms with Crippen LogP contribution in [0.1, 0.15) is 28.5 Å². The molecule has 5 nitrogen and oxygen atoms in total. The van der Waals surface area contributed by atoms with E-state index >= 15 is 0 Å². The van der Waals surface area contributed by atoms with E-state index in [1.54, 1.807) is 6.92 Å². The molecule has 0 fully saturated rings. The first-order valence-electron chi connectivity index (χ1n) is 5.41. The summed E-state index contributed by atoms with van der Waals surface area (Å²) in [6.07, 6.45) is -3.70. The number of carbonyl (C=O) groups excluding carboxylic acids is 1. The highest BCUT2D eigenvalue weighted by Gasteiger charge is 2.35. The van der Waals surface area contributed by atoms with Crippen LogP contribution in [-0.4, -0.2) is 23.9 Å². The van der Waals surface area contributed by atoms with Crippen LogP contribution in [0.25, 0.3) is 0 Å². The van der Waals surface area contributed by atoms with Crippen molar-refractivity contribution >= 4 is 5.97 Å². The van der Waals surface area contributed by atoms with Gasteiger partial charge < -0.3 is 15.2 Å². The molecule has 106 valence electrons. The molecule has 1 aromatic rings. The van der Waals surface area contributed by atoms with Gasteiger partial charge in [-0.15, -0.1) is 13.2 Å². The molecule has 0 spiro atoms. The van der Waals surface area contributed by atoms with Gasteiger partial charge in [-0.2, -0.15) is 0 Å². The standard InChI is InChI=1S/C11H13F3N2O3/c1-3-18-10(17)8-6(2)5-16-7(4-15)9(8)19-11(12,13)14/h5H,3-4,15H2,1-2H3. The quantitative estimate of drug-likeness (QED) is 0.852. The second kappa shape index (κ2) is 5.87. The van der Waals surface area contributed by atoms with Gasteiger partial charge in [-0.05, 0) is 19.4 Å². The predicted octanol–water partition coefficient (Wildman–Crippen LogP) is 1.92. The number of ether oxygens (including phenoxy) is 2. The van der Waals surface area contributed by atoms with E-state index in [1.807, 2.05) is 0 Å². The Balaban J connectivity index is 3.36. The molecule has 1 heterocycles. The van der Waals surface area contributed by atoms with E-state index < -0.39 is 18.1 Å². The highest BCUT2D eigenvalue weighted by molar-refractivity contribution is 5.94. The maximum atomic E-state index is 12.4. The summed E-state index contributed by atoms with van der Waals surface area (Å²) in [5.41, 5.74) is 5.05. The molecule has 1 rings (SSSR count). The molecule has 19 heavy (non-hydrogen) atoms. The number of aromatic nitrogens is 1. The lowest BCUT2D eigenvalue weighted by atomic mass is 10.1. The lowest BCUT2D eigenvalue weighted by Gasteiger charge is -2.16. The molecular formula is C11H13F3N2O3. The molecule has 0 aliphatic carbocycles. The fourth-order valence-electron chi connectivity index (χ4n) is 1.45. The van der Waals surface area contributed by atoms with Crippen molar-refractivity contribution in [3.05, 3.63) is 23.0 Å². The first-order valence-corrected chi connectivity index (χ1v) is 5.41. The summed E-state index contributed by atoms with van der Waals surface area (Å²) in [6, 6.07) is 0. The minimum absolute atomic E-state index is 0.0318. The van der Waals surface area contributed by atoms with Crippen molar-refractivity contribution in [2.75, 3.05) is 6.61 Å². The average molecular weight is 278 g/mol. The van der Waals surface area contributed by atoms with Gasteiger partial charge in [0.1, 0.15) is 5.56 Å². The van der Waals surface area contributed by atoms with Gasteiger partial charge in [0.2, 0.25) is 0 Å². The summed E-state index contributed by atoms with van der Waals surface area (Å²) in [7, 11) is 0. The Morgan fingerprint density at radius 2 is 2.11 bits per heavy atom. The van der Waals surface area contributed by atoms with Crippen LogP contribution < -0.4 is 10.5 Å². The molecule has 0 aromatic carbocycles. The number of hydrogen-bond donors (Lipinski definition) is 1. The third-order valence-corrected chi connectivity index (χ3v) is 2.19. The van der Waals surface area contributed by atoms with E-state index in [-0.39, 0.29) is 30.0 Å². The summed E-state index contributed by atoms with van der Waals surface area (Å²) in [6.45, 7) is 2.72. The van der Waals surface area contributed by atoms with Crippen molar-refractivity contribution in [3.63, 3.8) is 0 Å². The van der Waals surface area contributed by atoms with Gasteiger partial charge in [0, 0.05) is 12.7 Å². The van der Waals surface area contributed by atoms with Crippen molar-refractivity contribution in [2.45, 2.75) is 26.8 Å². The zero-order valence-electron chi connectivity index (χ0n) is 10.4. The first kappa shape index (κ1) is 15.2. The lowest BCUT2D eigenvalue weighted by molar-refractivity contribution is -0.275. The van der Waals surface area contributed by atoms with Crippen LogP contribution in [0, 0.1) is 6.92 Å². The van der Waals surface area contributed by atoms with Gasteiger partial charge in [0.05, 0.1) is 12.3 Å². The fraction of sp³-hybridized carbons (Fsp3) is 0.455. The van der Waals surface area contributed by atoms with Crippen molar-refractivity contribution in [1.82, 2.24) is 4.98 Å². The zero-order chi connectivity index (χ0) is 14.6. The maximum Gasteiger partial charge on any atom is 0.573 e. The van der Waals surface area contributed by atoms with Gasteiger partial charge in [-0.3, -0.25) is 4.98 Å². The van der Waals surface area contributed by atoms with E-state index in [2.05, 4.69) is 9.72 Å². The molecule has 0 unspecified atom stereocenters. The van der Waals surface area contributed by atoms with Crippen molar-refractivity contribution < 1.29 is 27.4 Å². The Hall–Kier alpha value is -1.83. The molecule has 0 aliphatic heterocycles. The SMILES string of the molecule is CCOC(=O)c1c(C)cnc(CN)c1OC(F)(F)F. The van der Waals surface area contributed by atoms with E-state index in [0.717, 1.165) is 0 Å². The van der Waals surface area contributed by atoms with Crippen molar-refractivity contribution in [1.29, 1.82) is 0 Å². The minimum Gasteiger partial charge on any atom is -0.462 e. The number of aryl methyl sites for hydroxylation is 1. The zero-order valence-corrected chi connectivity index (χ0v) is 10.4. The Bertz CT molecular complexity index is 475. The maximum absolute atomic E-state index is 12.4. The predicted molar refractivity (Wildman–Crippen MR) is 59.5 cm³/mol. The first-order chi connectivity index (χ1) is 8.80. The molecule has 0 aliphatic rings.